The predicted octanol–water partition coefficient (Wildman–Crippen LogP) is 0.379. The Kier molecular flexibility index (Phi) is 4.09. The Labute approximate surface area is 119 Å². The third-order valence-corrected chi connectivity index (χ3v) is 6.29. The van der Waals surface area contributed by atoms with Crippen LogP contribution in [0.4, 0.5) is 0 Å². The second-order valence-electron chi connectivity index (χ2n) is 6.13. The molecule has 1 saturated heterocycles. The molecule has 2 rings (SSSR count). The fourth-order valence-corrected chi connectivity index (χ4v) is 5.13. The first-order valence-corrected chi connectivity index (χ1v) is 8.73. The van der Waals surface area contributed by atoms with Crippen molar-refractivity contribution in [1.82, 2.24) is 4.90 Å². The highest BCUT2D eigenvalue weighted by atomic mass is 32.2. The van der Waals surface area contributed by atoms with Crippen LogP contribution in [-0.2, 0) is 19.4 Å². The molecule has 20 heavy (non-hydrogen) atoms. The molecule has 4 atom stereocenters. The summed E-state index contributed by atoms with van der Waals surface area (Å²) in [7, 11) is -1.46. The van der Waals surface area contributed by atoms with Crippen LogP contribution in [-0.4, -0.2) is 54.9 Å². The lowest BCUT2D eigenvalue weighted by Gasteiger charge is -2.28. The van der Waals surface area contributed by atoms with Gasteiger partial charge in [-0.05, 0) is 25.2 Å². The van der Waals surface area contributed by atoms with Gasteiger partial charge in [0.15, 0.2) is 9.84 Å². The van der Waals surface area contributed by atoms with E-state index >= 15 is 0 Å². The zero-order valence-electron chi connectivity index (χ0n) is 11.8. The maximum atomic E-state index is 12.5. The third-order valence-electron chi connectivity index (χ3n) is 4.54. The number of carboxylic acid groups (broad SMARTS) is 1. The number of amides is 1. The number of nitrogens with zero attached hydrogens (tertiary/aromatic N) is 1. The third kappa shape index (κ3) is 2.97. The Morgan fingerprint density at radius 3 is 2.30 bits per heavy atom. The fourth-order valence-electron chi connectivity index (χ4n) is 3.36. The molecule has 2 unspecified atom stereocenters. The van der Waals surface area contributed by atoms with E-state index in [4.69, 9.17) is 0 Å². The lowest BCUT2D eigenvalue weighted by molar-refractivity contribution is -0.149. The van der Waals surface area contributed by atoms with Crippen LogP contribution in [0.3, 0.4) is 0 Å². The van der Waals surface area contributed by atoms with Crippen molar-refractivity contribution in [2.45, 2.75) is 32.2 Å². The summed E-state index contributed by atoms with van der Waals surface area (Å²) in [4.78, 5) is 25.2. The second-order valence-corrected chi connectivity index (χ2v) is 8.36. The van der Waals surface area contributed by atoms with Gasteiger partial charge < -0.3 is 10.0 Å². The summed E-state index contributed by atoms with van der Waals surface area (Å²) in [6, 6.07) is -0.308. The van der Waals surface area contributed by atoms with Crippen molar-refractivity contribution in [2.75, 3.05) is 18.6 Å². The van der Waals surface area contributed by atoms with Crippen LogP contribution >= 0.6 is 0 Å². The molecule has 6 nitrogen and oxygen atoms in total. The van der Waals surface area contributed by atoms with Crippen LogP contribution in [0.1, 0.15) is 26.2 Å². The SMILES string of the molecule is CC1C[C@H](C(=O)N(C)C2CCS(=O)(=O)C2)[C@H](C(=O)O)C1. The van der Waals surface area contributed by atoms with Crippen LogP contribution < -0.4 is 0 Å². The monoisotopic (exact) mass is 303 g/mol. The molecule has 2 aliphatic rings. The first-order chi connectivity index (χ1) is 9.21. The van der Waals surface area contributed by atoms with Crippen molar-refractivity contribution >= 4 is 21.7 Å². The van der Waals surface area contributed by atoms with Crippen LogP contribution in [0.15, 0.2) is 0 Å². The van der Waals surface area contributed by atoms with Crippen molar-refractivity contribution in [1.29, 1.82) is 0 Å². The Hall–Kier alpha value is -1.11. The molecule has 1 heterocycles. The van der Waals surface area contributed by atoms with Crippen LogP contribution in [0.5, 0.6) is 0 Å². The molecule has 0 spiro atoms. The van der Waals surface area contributed by atoms with Gasteiger partial charge in [0.05, 0.1) is 23.3 Å². The van der Waals surface area contributed by atoms with Crippen molar-refractivity contribution in [2.24, 2.45) is 17.8 Å². The molecule has 1 aliphatic heterocycles. The van der Waals surface area contributed by atoms with Crippen molar-refractivity contribution in [3.63, 3.8) is 0 Å². The van der Waals surface area contributed by atoms with Gasteiger partial charge in [-0.15, -0.1) is 0 Å². The molecule has 0 bridgehead atoms. The van der Waals surface area contributed by atoms with Crippen molar-refractivity contribution in [3.8, 4) is 0 Å². The molecule has 114 valence electrons. The van der Waals surface area contributed by atoms with E-state index in [0.717, 1.165) is 0 Å². The molecular formula is C13H21NO5S. The number of carboxylic acids is 1. The minimum Gasteiger partial charge on any atom is -0.481 e. The van der Waals surface area contributed by atoms with E-state index in [1.54, 1.807) is 7.05 Å². The standard InChI is InChI=1S/C13H21NO5S/c1-8-5-10(11(6-8)13(16)17)12(15)14(2)9-3-4-20(18,19)7-9/h8-11H,3-7H2,1-2H3,(H,16,17)/t8?,9?,10-,11+/m0/s1. The van der Waals surface area contributed by atoms with Gasteiger partial charge in [0.25, 0.3) is 0 Å². The minimum absolute atomic E-state index is 0.00471. The van der Waals surface area contributed by atoms with E-state index in [0.29, 0.717) is 19.3 Å². The number of hydrogen-bond donors (Lipinski definition) is 1. The zero-order valence-corrected chi connectivity index (χ0v) is 12.6. The second kappa shape index (κ2) is 5.35. The summed E-state index contributed by atoms with van der Waals surface area (Å²) in [6.07, 6.45) is 1.53. The smallest absolute Gasteiger partial charge is 0.307 e. The normalized spacial score (nSPS) is 35.9. The lowest BCUT2D eigenvalue weighted by Crippen LogP contribution is -2.43. The molecule has 1 saturated carbocycles. The summed E-state index contributed by atoms with van der Waals surface area (Å²) in [6.45, 7) is 1.95. The molecule has 1 N–H and O–H groups in total. The average molecular weight is 303 g/mol. The Morgan fingerprint density at radius 1 is 1.20 bits per heavy atom. The highest BCUT2D eigenvalue weighted by Gasteiger charge is 2.44. The molecule has 1 amide bonds. The number of sulfone groups is 1. The molecule has 0 radical (unpaired) electrons. The van der Waals surface area contributed by atoms with E-state index in [2.05, 4.69) is 0 Å². The van der Waals surface area contributed by atoms with Gasteiger partial charge in [-0.1, -0.05) is 6.92 Å². The molecule has 7 heteroatoms. The number of hydrogen-bond acceptors (Lipinski definition) is 4. The van der Waals surface area contributed by atoms with Gasteiger partial charge in [0, 0.05) is 13.1 Å². The maximum absolute atomic E-state index is 12.5. The van der Waals surface area contributed by atoms with Gasteiger partial charge in [-0.3, -0.25) is 9.59 Å². The van der Waals surface area contributed by atoms with Crippen molar-refractivity contribution < 1.29 is 23.1 Å². The van der Waals surface area contributed by atoms with Gasteiger partial charge in [0.1, 0.15) is 0 Å². The van der Waals surface area contributed by atoms with Crippen LogP contribution in [0.25, 0.3) is 0 Å². The zero-order chi connectivity index (χ0) is 15.1. The molecular weight excluding hydrogens is 282 g/mol. The lowest BCUT2D eigenvalue weighted by atomic mass is 9.94. The summed E-state index contributed by atoms with van der Waals surface area (Å²) >= 11 is 0. The summed E-state index contributed by atoms with van der Waals surface area (Å²) in [5, 5.41) is 9.21. The highest BCUT2D eigenvalue weighted by molar-refractivity contribution is 7.91. The first kappa shape index (κ1) is 15.3. The molecule has 2 fully saturated rings. The summed E-state index contributed by atoms with van der Waals surface area (Å²) in [5.41, 5.74) is 0. The van der Waals surface area contributed by atoms with Crippen molar-refractivity contribution in [3.05, 3.63) is 0 Å². The quantitative estimate of drug-likeness (QED) is 0.813. The summed E-state index contributed by atoms with van der Waals surface area (Å²) in [5.74, 6) is -1.99. The number of rotatable bonds is 3. The van der Waals surface area contributed by atoms with Gasteiger partial charge in [-0.2, -0.15) is 0 Å². The predicted molar refractivity (Wildman–Crippen MR) is 72.8 cm³/mol. The van der Waals surface area contributed by atoms with E-state index in [1.807, 2.05) is 6.92 Å². The Bertz CT molecular complexity index is 515. The van der Waals surface area contributed by atoms with Crippen LogP contribution in [0, 0.1) is 17.8 Å². The van der Waals surface area contributed by atoms with E-state index < -0.39 is 27.6 Å². The maximum Gasteiger partial charge on any atom is 0.307 e. The molecule has 0 aromatic heterocycles. The minimum atomic E-state index is -3.05. The highest BCUT2D eigenvalue weighted by Crippen LogP contribution is 2.38. The Balaban J connectivity index is 2.08. The number of carbonyl (C=O) groups excluding carboxylic acids is 1. The number of aliphatic carboxylic acids is 1. The van der Waals surface area contributed by atoms with E-state index in [1.165, 1.54) is 4.90 Å². The van der Waals surface area contributed by atoms with Crippen LogP contribution in [0.2, 0.25) is 0 Å². The Morgan fingerprint density at radius 2 is 1.80 bits per heavy atom. The largest absolute Gasteiger partial charge is 0.481 e. The average Bonchev–Trinajstić information content (AvgIpc) is 2.90. The van der Waals surface area contributed by atoms with Gasteiger partial charge >= 0.3 is 5.97 Å². The number of carbonyl (C=O) groups is 2. The van der Waals surface area contributed by atoms with Gasteiger partial charge in [-0.25, -0.2) is 8.42 Å². The van der Waals surface area contributed by atoms with E-state index in [9.17, 15) is 23.1 Å². The molecule has 0 aromatic rings. The molecule has 0 aromatic carbocycles. The fraction of sp³-hybridized carbons (Fsp3) is 0.846. The molecule has 1 aliphatic carbocycles. The topological polar surface area (TPSA) is 91.8 Å². The van der Waals surface area contributed by atoms with E-state index in [-0.39, 0.29) is 29.4 Å². The summed E-state index contributed by atoms with van der Waals surface area (Å²) < 4.78 is 23.0. The van der Waals surface area contributed by atoms with Gasteiger partial charge in [0.2, 0.25) is 5.91 Å². The first-order valence-electron chi connectivity index (χ1n) is 6.91.